The van der Waals surface area contributed by atoms with Crippen LogP contribution in [0.5, 0.6) is 0 Å². The predicted octanol–water partition coefficient (Wildman–Crippen LogP) is 4.65. The minimum Gasteiger partial charge on any atom is -0.315 e. The number of hydrogen-bond acceptors (Lipinski definition) is 6. The molecule has 1 N–H and O–H groups in total. The lowest BCUT2D eigenvalue weighted by molar-refractivity contribution is 0.705. The molecule has 0 atom stereocenters. The van der Waals surface area contributed by atoms with Crippen LogP contribution in [0.15, 0.2) is 28.9 Å². The van der Waals surface area contributed by atoms with Crippen LogP contribution in [0.25, 0.3) is 11.0 Å². The van der Waals surface area contributed by atoms with E-state index in [0.717, 1.165) is 31.5 Å². The van der Waals surface area contributed by atoms with Crippen molar-refractivity contribution in [3.05, 3.63) is 33.9 Å². The van der Waals surface area contributed by atoms with Crippen LogP contribution in [0.3, 0.4) is 0 Å². The van der Waals surface area contributed by atoms with Crippen molar-refractivity contribution in [3.63, 3.8) is 0 Å². The fourth-order valence-electron chi connectivity index (χ4n) is 2.78. The molecule has 5 nitrogen and oxygen atoms in total. The summed E-state index contributed by atoms with van der Waals surface area (Å²) in [5.74, 6) is 1.36. The van der Waals surface area contributed by atoms with E-state index in [1.165, 1.54) is 25.7 Å². The summed E-state index contributed by atoms with van der Waals surface area (Å²) in [6.07, 6.45) is 6.86. The fraction of sp³-hybridized carbons (Fsp3) is 0.333. The molecule has 7 heteroatoms. The smallest absolute Gasteiger partial charge is 0.211 e. The summed E-state index contributed by atoms with van der Waals surface area (Å²) < 4.78 is 0.920. The van der Waals surface area contributed by atoms with Crippen molar-refractivity contribution in [2.45, 2.75) is 31.6 Å². The molecule has 0 spiro atoms. The lowest BCUT2D eigenvalue weighted by Crippen LogP contribution is -1.94. The van der Waals surface area contributed by atoms with Gasteiger partial charge in [-0.15, -0.1) is 10.2 Å². The molecule has 112 valence electrons. The van der Waals surface area contributed by atoms with E-state index < -0.39 is 0 Å². The third-order valence-electron chi connectivity index (χ3n) is 3.88. The second kappa shape index (κ2) is 5.89. The van der Waals surface area contributed by atoms with Gasteiger partial charge in [0, 0.05) is 16.6 Å². The zero-order chi connectivity index (χ0) is 14.9. The molecule has 3 aromatic rings. The van der Waals surface area contributed by atoms with Crippen molar-refractivity contribution in [1.82, 2.24) is 20.2 Å². The maximum atomic E-state index is 4.57. The van der Waals surface area contributed by atoms with Gasteiger partial charge < -0.3 is 5.32 Å². The maximum absolute atomic E-state index is 4.57. The fourth-order valence-corrected chi connectivity index (χ4v) is 4.02. The quantitative estimate of drug-likeness (QED) is 0.721. The molecule has 3 heterocycles. The van der Waals surface area contributed by atoms with E-state index in [1.807, 2.05) is 18.2 Å². The number of nitrogens with zero attached hydrogens (tertiary/aromatic N) is 4. The number of hydrogen-bond donors (Lipinski definition) is 1. The Hall–Kier alpha value is -1.60. The number of nitrogens with one attached hydrogen (secondary N) is 1. The van der Waals surface area contributed by atoms with Crippen molar-refractivity contribution in [3.8, 4) is 0 Å². The van der Waals surface area contributed by atoms with Gasteiger partial charge in [-0.3, -0.25) is 4.98 Å². The van der Waals surface area contributed by atoms with Crippen LogP contribution >= 0.6 is 27.3 Å². The van der Waals surface area contributed by atoms with Crippen LogP contribution < -0.4 is 5.32 Å². The van der Waals surface area contributed by atoms with Crippen LogP contribution in [0.1, 0.15) is 36.6 Å². The summed E-state index contributed by atoms with van der Waals surface area (Å²) in [6.45, 7) is 0. The highest BCUT2D eigenvalue weighted by Crippen LogP contribution is 2.36. The van der Waals surface area contributed by atoms with Crippen molar-refractivity contribution < 1.29 is 0 Å². The van der Waals surface area contributed by atoms with Crippen LogP contribution in [0.4, 0.5) is 10.9 Å². The SMILES string of the molecule is Brc1cnc2ccc(Nc3nnc(C4CCCC4)s3)nc2c1. The lowest BCUT2D eigenvalue weighted by Gasteiger charge is -2.03. The second-order valence-corrected chi connectivity index (χ2v) is 7.36. The van der Waals surface area contributed by atoms with Crippen LogP contribution in [0, 0.1) is 0 Å². The number of rotatable bonds is 3. The molecule has 1 aliphatic rings. The van der Waals surface area contributed by atoms with Gasteiger partial charge in [-0.05, 0) is 47.0 Å². The Bertz CT molecular complexity index is 813. The van der Waals surface area contributed by atoms with Gasteiger partial charge in [-0.2, -0.15) is 0 Å². The first-order valence-electron chi connectivity index (χ1n) is 7.31. The molecule has 0 unspecified atom stereocenters. The van der Waals surface area contributed by atoms with Crippen molar-refractivity contribution in [2.75, 3.05) is 5.32 Å². The van der Waals surface area contributed by atoms with Crippen LogP contribution in [-0.2, 0) is 0 Å². The number of anilines is 2. The van der Waals surface area contributed by atoms with Gasteiger partial charge in [-0.1, -0.05) is 24.2 Å². The highest BCUT2D eigenvalue weighted by molar-refractivity contribution is 9.10. The lowest BCUT2D eigenvalue weighted by atomic mass is 10.1. The summed E-state index contributed by atoms with van der Waals surface area (Å²) in [7, 11) is 0. The average Bonchev–Trinajstić information content (AvgIpc) is 3.17. The second-order valence-electron chi connectivity index (χ2n) is 5.44. The summed E-state index contributed by atoms with van der Waals surface area (Å²) in [5.41, 5.74) is 1.72. The van der Waals surface area contributed by atoms with Crippen molar-refractivity contribution >= 4 is 49.2 Å². The highest BCUT2D eigenvalue weighted by atomic mass is 79.9. The Labute approximate surface area is 140 Å². The highest BCUT2D eigenvalue weighted by Gasteiger charge is 2.21. The summed E-state index contributed by atoms with van der Waals surface area (Å²) >= 11 is 5.06. The molecule has 0 radical (unpaired) electrons. The van der Waals surface area contributed by atoms with E-state index in [2.05, 4.69) is 41.4 Å². The van der Waals surface area contributed by atoms with E-state index >= 15 is 0 Å². The summed E-state index contributed by atoms with van der Waals surface area (Å²) in [4.78, 5) is 8.90. The van der Waals surface area contributed by atoms with E-state index in [9.17, 15) is 0 Å². The first-order valence-corrected chi connectivity index (χ1v) is 8.91. The maximum Gasteiger partial charge on any atom is 0.211 e. The molecule has 1 fully saturated rings. The number of fused-ring (bicyclic) bond motifs is 1. The number of pyridine rings is 2. The number of aromatic nitrogens is 4. The Balaban J connectivity index is 1.57. The number of halogens is 1. The molecule has 0 bridgehead atoms. The minimum absolute atomic E-state index is 0.595. The Morgan fingerprint density at radius 3 is 2.86 bits per heavy atom. The van der Waals surface area contributed by atoms with E-state index in [-0.39, 0.29) is 0 Å². The Morgan fingerprint density at radius 2 is 2.00 bits per heavy atom. The first kappa shape index (κ1) is 14.0. The zero-order valence-corrected chi connectivity index (χ0v) is 14.2. The van der Waals surface area contributed by atoms with Gasteiger partial charge in [0.2, 0.25) is 5.13 Å². The van der Waals surface area contributed by atoms with E-state index in [0.29, 0.717) is 5.92 Å². The average molecular weight is 376 g/mol. The van der Waals surface area contributed by atoms with Gasteiger partial charge in [-0.25, -0.2) is 4.98 Å². The van der Waals surface area contributed by atoms with Crippen molar-refractivity contribution in [2.24, 2.45) is 0 Å². The molecule has 0 saturated heterocycles. The molecule has 3 aromatic heterocycles. The molecule has 1 aliphatic carbocycles. The van der Waals surface area contributed by atoms with Gasteiger partial charge in [0.25, 0.3) is 0 Å². The summed E-state index contributed by atoms with van der Waals surface area (Å²) in [6, 6.07) is 5.83. The normalized spacial score (nSPS) is 15.5. The first-order chi connectivity index (χ1) is 10.8. The standard InChI is InChI=1S/C15H14BrN5S/c16-10-7-12-11(17-8-10)5-6-13(18-12)19-15-21-20-14(22-15)9-3-1-2-4-9/h5-9H,1-4H2,(H,18,19,21). The molecular weight excluding hydrogens is 362 g/mol. The minimum atomic E-state index is 0.595. The molecule has 0 amide bonds. The Kier molecular flexibility index (Phi) is 3.75. The molecule has 22 heavy (non-hydrogen) atoms. The Morgan fingerprint density at radius 1 is 1.14 bits per heavy atom. The summed E-state index contributed by atoms with van der Waals surface area (Å²) in [5, 5.41) is 13.8. The van der Waals surface area contributed by atoms with Crippen LogP contribution in [0.2, 0.25) is 0 Å². The topological polar surface area (TPSA) is 63.6 Å². The van der Waals surface area contributed by atoms with Gasteiger partial charge in [0.1, 0.15) is 10.8 Å². The molecule has 1 saturated carbocycles. The third-order valence-corrected chi connectivity index (χ3v) is 5.32. The van der Waals surface area contributed by atoms with E-state index in [4.69, 9.17) is 0 Å². The molecule has 0 aliphatic heterocycles. The van der Waals surface area contributed by atoms with Crippen LogP contribution in [-0.4, -0.2) is 20.2 Å². The molecule has 0 aromatic carbocycles. The van der Waals surface area contributed by atoms with Crippen molar-refractivity contribution in [1.29, 1.82) is 0 Å². The van der Waals surface area contributed by atoms with Gasteiger partial charge >= 0.3 is 0 Å². The molecular formula is C15H14BrN5S. The molecule has 4 rings (SSSR count). The largest absolute Gasteiger partial charge is 0.315 e. The van der Waals surface area contributed by atoms with E-state index in [1.54, 1.807) is 17.5 Å². The zero-order valence-electron chi connectivity index (χ0n) is 11.8. The predicted molar refractivity (Wildman–Crippen MR) is 91.6 cm³/mol. The third kappa shape index (κ3) is 2.83. The van der Waals surface area contributed by atoms with Gasteiger partial charge in [0.05, 0.1) is 11.0 Å². The van der Waals surface area contributed by atoms with Gasteiger partial charge in [0.15, 0.2) is 0 Å². The monoisotopic (exact) mass is 375 g/mol.